The Hall–Kier alpha value is -0.830. The molecule has 1 aliphatic carbocycles. The molecule has 0 aromatic rings. The summed E-state index contributed by atoms with van der Waals surface area (Å²) in [5, 5.41) is 3.38. The summed E-state index contributed by atoms with van der Waals surface area (Å²) in [5.74, 6) is -0.285. The lowest BCUT2D eigenvalue weighted by molar-refractivity contribution is -0.138. The van der Waals surface area contributed by atoms with E-state index in [1.54, 1.807) is 6.92 Å². The molecule has 3 nitrogen and oxygen atoms in total. The monoisotopic (exact) mass is 225 g/mol. The molecule has 0 aromatic carbocycles. The van der Waals surface area contributed by atoms with Gasteiger partial charge in [-0.1, -0.05) is 20.4 Å². The molecule has 0 saturated heterocycles. The average Bonchev–Trinajstić information content (AvgIpc) is 2.55. The summed E-state index contributed by atoms with van der Waals surface area (Å²) in [6.45, 7) is 11.1. The fourth-order valence-corrected chi connectivity index (χ4v) is 2.18. The van der Waals surface area contributed by atoms with Crippen LogP contribution in [0.25, 0.3) is 0 Å². The Morgan fingerprint density at radius 3 is 2.75 bits per heavy atom. The summed E-state index contributed by atoms with van der Waals surface area (Å²) in [4.78, 5) is 11.3. The molecule has 0 spiro atoms. The Balaban J connectivity index is 2.25. The Morgan fingerprint density at radius 1 is 1.56 bits per heavy atom. The molecule has 0 amide bonds. The van der Waals surface area contributed by atoms with Gasteiger partial charge in [0.05, 0.1) is 6.61 Å². The number of esters is 1. The quantitative estimate of drug-likeness (QED) is 0.576. The number of rotatable bonds is 5. The molecule has 1 aliphatic rings. The van der Waals surface area contributed by atoms with Gasteiger partial charge in [-0.05, 0) is 31.6 Å². The van der Waals surface area contributed by atoms with Crippen LogP contribution in [0.5, 0.6) is 0 Å². The SMILES string of the molecule is C=C(CNC1CCC(C)(C)C1)C(=O)OCC. The average molecular weight is 225 g/mol. The molecule has 1 rings (SSSR count). The molecule has 0 radical (unpaired) electrons. The summed E-state index contributed by atoms with van der Waals surface area (Å²) in [7, 11) is 0. The van der Waals surface area contributed by atoms with Crippen LogP contribution in [0.3, 0.4) is 0 Å². The fourth-order valence-electron chi connectivity index (χ4n) is 2.18. The van der Waals surface area contributed by atoms with E-state index >= 15 is 0 Å². The van der Waals surface area contributed by atoms with Crippen molar-refractivity contribution >= 4 is 5.97 Å². The van der Waals surface area contributed by atoms with Crippen molar-refractivity contribution in [2.45, 2.75) is 46.1 Å². The number of hydrogen-bond acceptors (Lipinski definition) is 3. The minimum Gasteiger partial charge on any atom is -0.463 e. The third kappa shape index (κ3) is 3.97. The highest BCUT2D eigenvalue weighted by atomic mass is 16.5. The number of carbonyl (C=O) groups excluding carboxylic acids is 1. The van der Waals surface area contributed by atoms with Gasteiger partial charge in [-0.3, -0.25) is 0 Å². The van der Waals surface area contributed by atoms with Crippen molar-refractivity contribution in [2.75, 3.05) is 13.2 Å². The molecule has 0 aromatic heterocycles. The van der Waals surface area contributed by atoms with Crippen molar-refractivity contribution in [1.82, 2.24) is 5.32 Å². The normalized spacial score (nSPS) is 23.1. The zero-order valence-corrected chi connectivity index (χ0v) is 10.6. The van der Waals surface area contributed by atoms with Gasteiger partial charge in [0.25, 0.3) is 0 Å². The van der Waals surface area contributed by atoms with E-state index in [1.165, 1.54) is 19.3 Å². The van der Waals surface area contributed by atoms with Crippen LogP contribution in [0, 0.1) is 5.41 Å². The third-order valence-electron chi connectivity index (χ3n) is 3.14. The molecule has 1 N–H and O–H groups in total. The first kappa shape index (κ1) is 13.2. The van der Waals surface area contributed by atoms with Crippen LogP contribution in [0.1, 0.15) is 40.0 Å². The smallest absolute Gasteiger partial charge is 0.334 e. The molecule has 1 fully saturated rings. The lowest BCUT2D eigenvalue weighted by Gasteiger charge is -2.18. The maximum absolute atomic E-state index is 11.3. The lowest BCUT2D eigenvalue weighted by atomic mass is 9.92. The van der Waals surface area contributed by atoms with Crippen LogP contribution in [-0.4, -0.2) is 25.2 Å². The van der Waals surface area contributed by atoms with E-state index in [2.05, 4.69) is 25.7 Å². The van der Waals surface area contributed by atoms with Gasteiger partial charge < -0.3 is 10.1 Å². The van der Waals surface area contributed by atoms with Gasteiger partial charge in [0, 0.05) is 18.2 Å². The zero-order valence-electron chi connectivity index (χ0n) is 10.6. The standard InChI is InChI=1S/C13H23NO2/c1-5-16-12(15)10(2)9-14-11-6-7-13(3,4)8-11/h11,14H,2,5-9H2,1,3-4H3. The first-order valence-corrected chi connectivity index (χ1v) is 6.03. The molecular formula is C13H23NO2. The Labute approximate surface area is 98.2 Å². The van der Waals surface area contributed by atoms with Crippen molar-refractivity contribution in [1.29, 1.82) is 0 Å². The fraction of sp³-hybridized carbons (Fsp3) is 0.769. The van der Waals surface area contributed by atoms with Gasteiger partial charge >= 0.3 is 5.97 Å². The molecule has 0 bridgehead atoms. The Kier molecular flexibility index (Phi) is 4.54. The molecular weight excluding hydrogens is 202 g/mol. The molecule has 0 heterocycles. The van der Waals surface area contributed by atoms with Crippen molar-refractivity contribution in [3.8, 4) is 0 Å². The number of ether oxygens (including phenoxy) is 1. The van der Waals surface area contributed by atoms with E-state index in [0.29, 0.717) is 30.2 Å². The summed E-state index contributed by atoms with van der Waals surface area (Å²) < 4.78 is 4.88. The number of nitrogens with one attached hydrogen (secondary N) is 1. The number of hydrogen-bond donors (Lipinski definition) is 1. The minimum atomic E-state index is -0.285. The van der Waals surface area contributed by atoms with Crippen LogP contribution in [0.4, 0.5) is 0 Å². The summed E-state index contributed by atoms with van der Waals surface area (Å²) >= 11 is 0. The second kappa shape index (κ2) is 5.48. The number of carbonyl (C=O) groups is 1. The predicted octanol–water partition coefficient (Wildman–Crippen LogP) is 2.27. The van der Waals surface area contributed by atoms with Gasteiger partial charge in [0.15, 0.2) is 0 Å². The van der Waals surface area contributed by atoms with Gasteiger partial charge in [0.1, 0.15) is 0 Å². The van der Waals surface area contributed by atoms with Gasteiger partial charge in [0.2, 0.25) is 0 Å². The van der Waals surface area contributed by atoms with E-state index in [1.807, 2.05) is 0 Å². The highest BCUT2D eigenvalue weighted by molar-refractivity contribution is 5.88. The topological polar surface area (TPSA) is 38.3 Å². The summed E-state index contributed by atoms with van der Waals surface area (Å²) in [6, 6.07) is 0.515. The second-order valence-electron chi connectivity index (χ2n) is 5.31. The van der Waals surface area contributed by atoms with Crippen LogP contribution in [-0.2, 0) is 9.53 Å². The molecule has 92 valence electrons. The maximum Gasteiger partial charge on any atom is 0.334 e. The van der Waals surface area contributed by atoms with Crippen LogP contribution in [0.2, 0.25) is 0 Å². The molecule has 3 heteroatoms. The van der Waals surface area contributed by atoms with E-state index in [-0.39, 0.29) is 5.97 Å². The predicted molar refractivity (Wildman–Crippen MR) is 65.2 cm³/mol. The first-order valence-electron chi connectivity index (χ1n) is 6.03. The largest absolute Gasteiger partial charge is 0.463 e. The molecule has 1 saturated carbocycles. The van der Waals surface area contributed by atoms with E-state index in [9.17, 15) is 4.79 Å². The van der Waals surface area contributed by atoms with Crippen molar-refractivity contribution in [3.63, 3.8) is 0 Å². The third-order valence-corrected chi connectivity index (χ3v) is 3.14. The summed E-state index contributed by atoms with van der Waals surface area (Å²) in [5.41, 5.74) is 0.953. The highest BCUT2D eigenvalue weighted by Gasteiger charge is 2.30. The zero-order chi connectivity index (χ0) is 12.2. The molecule has 1 atom stereocenters. The van der Waals surface area contributed by atoms with E-state index in [4.69, 9.17) is 4.74 Å². The molecule has 0 aliphatic heterocycles. The van der Waals surface area contributed by atoms with Crippen molar-refractivity contribution < 1.29 is 9.53 Å². The summed E-state index contributed by atoms with van der Waals surface area (Å²) in [6.07, 6.45) is 3.60. The molecule has 16 heavy (non-hydrogen) atoms. The Bertz CT molecular complexity index is 271. The first-order chi connectivity index (χ1) is 7.44. The Morgan fingerprint density at radius 2 is 2.25 bits per heavy atom. The van der Waals surface area contributed by atoms with Crippen molar-refractivity contribution in [2.24, 2.45) is 5.41 Å². The second-order valence-corrected chi connectivity index (χ2v) is 5.31. The van der Waals surface area contributed by atoms with Gasteiger partial charge in [-0.15, -0.1) is 0 Å². The molecule has 1 unspecified atom stereocenters. The maximum atomic E-state index is 11.3. The van der Waals surface area contributed by atoms with Gasteiger partial charge in [-0.2, -0.15) is 0 Å². The van der Waals surface area contributed by atoms with Crippen LogP contribution in [0.15, 0.2) is 12.2 Å². The minimum absolute atomic E-state index is 0.285. The lowest BCUT2D eigenvalue weighted by Crippen LogP contribution is -2.31. The van der Waals surface area contributed by atoms with Crippen LogP contribution < -0.4 is 5.32 Å². The van der Waals surface area contributed by atoms with E-state index in [0.717, 1.165) is 0 Å². The van der Waals surface area contributed by atoms with Crippen LogP contribution >= 0.6 is 0 Å². The van der Waals surface area contributed by atoms with Gasteiger partial charge in [-0.25, -0.2) is 4.79 Å². The van der Waals surface area contributed by atoms with Crippen molar-refractivity contribution in [3.05, 3.63) is 12.2 Å². The highest BCUT2D eigenvalue weighted by Crippen LogP contribution is 2.36. The van der Waals surface area contributed by atoms with E-state index < -0.39 is 0 Å².